The van der Waals surface area contributed by atoms with Crippen molar-refractivity contribution in [2.75, 3.05) is 0 Å². The van der Waals surface area contributed by atoms with Gasteiger partial charge in [0, 0.05) is 29.7 Å². The Bertz CT molecular complexity index is 807. The lowest BCUT2D eigenvalue weighted by atomic mass is 10.0. The first-order valence-corrected chi connectivity index (χ1v) is 12.7. The zero-order valence-electron chi connectivity index (χ0n) is 20.0. The van der Waals surface area contributed by atoms with E-state index in [4.69, 9.17) is 4.98 Å². The van der Waals surface area contributed by atoms with Gasteiger partial charge in [-0.2, -0.15) is 0 Å². The van der Waals surface area contributed by atoms with Crippen LogP contribution in [0.2, 0.25) is 0 Å². The molecule has 0 aliphatic rings. The maximum Gasteiger partial charge on any atom is 0.159 e. The minimum absolute atomic E-state index is 0.790. The highest BCUT2D eigenvalue weighted by Crippen LogP contribution is 2.22. The first-order chi connectivity index (χ1) is 15.8. The number of aryl methyl sites for hydroxylation is 2. The second-order valence-corrected chi connectivity index (χ2v) is 8.87. The Kier molecular flexibility index (Phi) is 10.4. The molecular weight excluding hydrogens is 390 g/mol. The number of pyridine rings is 1. The van der Waals surface area contributed by atoms with Gasteiger partial charge in [-0.05, 0) is 42.9 Å². The van der Waals surface area contributed by atoms with E-state index in [0.29, 0.717) is 0 Å². The lowest BCUT2D eigenvalue weighted by molar-refractivity contribution is 0.631. The SMILES string of the molecule is CCCCCCCc1ccc(-c2ccc(-c3ncc(CCCCCCC)cn3)cc2)nc1. The largest absolute Gasteiger partial charge is 0.256 e. The third-order valence-electron chi connectivity index (χ3n) is 6.11. The van der Waals surface area contributed by atoms with Gasteiger partial charge in [0.1, 0.15) is 0 Å². The molecule has 0 radical (unpaired) electrons. The summed E-state index contributed by atoms with van der Waals surface area (Å²) in [6, 6.07) is 12.8. The molecule has 3 aromatic rings. The Balaban J connectivity index is 1.51. The van der Waals surface area contributed by atoms with Gasteiger partial charge in [-0.3, -0.25) is 4.98 Å². The van der Waals surface area contributed by atoms with Gasteiger partial charge < -0.3 is 0 Å². The molecule has 3 nitrogen and oxygen atoms in total. The second kappa shape index (κ2) is 13.8. The van der Waals surface area contributed by atoms with Gasteiger partial charge in [-0.25, -0.2) is 9.97 Å². The fourth-order valence-electron chi connectivity index (χ4n) is 4.03. The predicted octanol–water partition coefficient (Wildman–Crippen LogP) is 8.23. The van der Waals surface area contributed by atoms with Crippen LogP contribution >= 0.6 is 0 Å². The minimum Gasteiger partial charge on any atom is -0.256 e. The molecule has 0 aliphatic carbocycles. The molecule has 0 amide bonds. The van der Waals surface area contributed by atoms with Crippen LogP contribution in [-0.2, 0) is 12.8 Å². The zero-order valence-corrected chi connectivity index (χ0v) is 20.0. The molecule has 170 valence electrons. The average Bonchev–Trinajstić information content (AvgIpc) is 2.85. The van der Waals surface area contributed by atoms with Gasteiger partial charge >= 0.3 is 0 Å². The number of hydrogen-bond acceptors (Lipinski definition) is 3. The molecule has 0 atom stereocenters. The maximum atomic E-state index is 4.69. The summed E-state index contributed by atoms with van der Waals surface area (Å²) >= 11 is 0. The van der Waals surface area contributed by atoms with Gasteiger partial charge in [0.2, 0.25) is 0 Å². The van der Waals surface area contributed by atoms with Crippen LogP contribution in [0.25, 0.3) is 22.6 Å². The van der Waals surface area contributed by atoms with Crippen LogP contribution in [0.15, 0.2) is 55.0 Å². The summed E-state index contributed by atoms with van der Waals surface area (Å²) in [5, 5.41) is 0. The molecule has 0 unspecified atom stereocenters. The van der Waals surface area contributed by atoms with E-state index in [9.17, 15) is 0 Å². The Labute approximate surface area is 194 Å². The maximum absolute atomic E-state index is 4.69. The number of rotatable bonds is 14. The first kappa shape index (κ1) is 24.1. The topological polar surface area (TPSA) is 38.7 Å². The Hall–Kier alpha value is -2.55. The van der Waals surface area contributed by atoms with E-state index in [0.717, 1.165) is 35.5 Å². The van der Waals surface area contributed by atoms with Crippen LogP contribution < -0.4 is 0 Å². The van der Waals surface area contributed by atoms with E-state index in [-0.39, 0.29) is 0 Å². The number of unbranched alkanes of at least 4 members (excludes halogenated alkanes) is 8. The van der Waals surface area contributed by atoms with Crippen LogP contribution in [0, 0.1) is 0 Å². The van der Waals surface area contributed by atoms with Crippen LogP contribution in [0.1, 0.15) is 89.2 Å². The zero-order chi connectivity index (χ0) is 22.4. The molecule has 0 N–H and O–H groups in total. The molecule has 32 heavy (non-hydrogen) atoms. The summed E-state index contributed by atoms with van der Waals surface area (Å²) in [7, 11) is 0. The molecule has 0 saturated carbocycles. The van der Waals surface area contributed by atoms with Crippen molar-refractivity contribution >= 4 is 0 Å². The molecule has 0 fully saturated rings. The highest BCUT2D eigenvalue weighted by molar-refractivity contribution is 5.65. The number of aromatic nitrogens is 3. The van der Waals surface area contributed by atoms with Crippen molar-refractivity contribution in [2.45, 2.75) is 90.9 Å². The Morgan fingerprint density at radius 2 is 1.03 bits per heavy atom. The van der Waals surface area contributed by atoms with Crippen LogP contribution in [-0.4, -0.2) is 15.0 Å². The summed E-state index contributed by atoms with van der Waals surface area (Å²) in [4.78, 5) is 13.9. The minimum atomic E-state index is 0.790. The van der Waals surface area contributed by atoms with Gasteiger partial charge in [0.15, 0.2) is 5.82 Å². The smallest absolute Gasteiger partial charge is 0.159 e. The molecule has 2 heterocycles. The highest BCUT2D eigenvalue weighted by atomic mass is 14.9. The van der Waals surface area contributed by atoms with Crippen molar-refractivity contribution < 1.29 is 0 Å². The normalized spacial score (nSPS) is 11.1. The number of benzene rings is 1. The molecule has 2 aromatic heterocycles. The van der Waals surface area contributed by atoms with Crippen LogP contribution in [0.4, 0.5) is 0 Å². The second-order valence-electron chi connectivity index (χ2n) is 8.87. The molecule has 3 heteroatoms. The fourth-order valence-corrected chi connectivity index (χ4v) is 4.03. The van der Waals surface area contributed by atoms with E-state index in [2.05, 4.69) is 60.2 Å². The van der Waals surface area contributed by atoms with Crippen molar-refractivity contribution in [1.29, 1.82) is 0 Å². The molecular formula is C29H39N3. The average molecular weight is 430 g/mol. The van der Waals surface area contributed by atoms with Gasteiger partial charge in [-0.15, -0.1) is 0 Å². The van der Waals surface area contributed by atoms with E-state index in [1.165, 1.54) is 75.3 Å². The Morgan fingerprint density at radius 1 is 0.500 bits per heavy atom. The molecule has 0 spiro atoms. The Morgan fingerprint density at radius 3 is 1.59 bits per heavy atom. The molecule has 0 saturated heterocycles. The van der Waals surface area contributed by atoms with Crippen molar-refractivity contribution in [2.24, 2.45) is 0 Å². The van der Waals surface area contributed by atoms with Gasteiger partial charge in [0.25, 0.3) is 0 Å². The van der Waals surface area contributed by atoms with Crippen molar-refractivity contribution in [1.82, 2.24) is 15.0 Å². The summed E-state index contributed by atoms with van der Waals surface area (Å²) in [5.74, 6) is 0.790. The van der Waals surface area contributed by atoms with Gasteiger partial charge in [-0.1, -0.05) is 95.5 Å². The van der Waals surface area contributed by atoms with E-state index >= 15 is 0 Å². The number of hydrogen-bond donors (Lipinski definition) is 0. The monoisotopic (exact) mass is 429 g/mol. The predicted molar refractivity (Wildman–Crippen MR) is 136 cm³/mol. The summed E-state index contributed by atoms with van der Waals surface area (Å²) in [6.07, 6.45) is 21.3. The summed E-state index contributed by atoms with van der Waals surface area (Å²) < 4.78 is 0. The molecule has 0 bridgehead atoms. The van der Waals surface area contributed by atoms with E-state index in [1.54, 1.807) is 0 Å². The first-order valence-electron chi connectivity index (χ1n) is 12.7. The van der Waals surface area contributed by atoms with Crippen LogP contribution in [0.5, 0.6) is 0 Å². The van der Waals surface area contributed by atoms with Gasteiger partial charge in [0.05, 0.1) is 5.69 Å². The van der Waals surface area contributed by atoms with Crippen molar-refractivity contribution in [3.8, 4) is 22.6 Å². The quantitative estimate of drug-likeness (QED) is 0.242. The van der Waals surface area contributed by atoms with Crippen molar-refractivity contribution in [3.05, 3.63) is 66.1 Å². The highest BCUT2D eigenvalue weighted by Gasteiger charge is 2.05. The fraction of sp³-hybridized carbons (Fsp3) is 0.483. The van der Waals surface area contributed by atoms with Crippen molar-refractivity contribution in [3.63, 3.8) is 0 Å². The summed E-state index contributed by atoms with van der Waals surface area (Å²) in [6.45, 7) is 4.51. The lowest BCUT2D eigenvalue weighted by Gasteiger charge is -2.06. The molecule has 3 rings (SSSR count). The number of nitrogens with zero attached hydrogens (tertiary/aromatic N) is 3. The van der Waals surface area contributed by atoms with Crippen LogP contribution in [0.3, 0.4) is 0 Å². The molecule has 1 aromatic carbocycles. The standard InChI is InChI=1S/C29H39N3/c1-3-5-7-9-11-13-24-15-20-28(30-21-24)26-16-18-27(19-17-26)29-31-22-25(23-32-29)14-12-10-8-6-4-2/h15-23H,3-14H2,1-2H3. The third kappa shape index (κ3) is 7.85. The van der Waals surface area contributed by atoms with E-state index in [1.807, 2.05) is 18.6 Å². The lowest BCUT2D eigenvalue weighted by Crippen LogP contribution is -1.94. The van der Waals surface area contributed by atoms with E-state index < -0.39 is 0 Å². The summed E-state index contributed by atoms with van der Waals surface area (Å²) in [5.41, 5.74) is 5.77. The third-order valence-corrected chi connectivity index (χ3v) is 6.11. The molecule has 0 aliphatic heterocycles.